The van der Waals surface area contributed by atoms with Gasteiger partial charge in [-0.2, -0.15) is 0 Å². The molecule has 1 aliphatic heterocycles. The molecule has 0 saturated heterocycles. The van der Waals surface area contributed by atoms with Crippen LogP contribution >= 0.6 is 23.7 Å². The van der Waals surface area contributed by atoms with E-state index < -0.39 is 0 Å². The Balaban J connectivity index is 0.000000720. The molecule has 0 fully saturated rings. The molecule has 1 aliphatic rings. The lowest BCUT2D eigenvalue weighted by molar-refractivity contribution is 0.648. The Morgan fingerprint density at radius 1 is 1.67 bits per heavy atom. The first-order valence-corrected chi connectivity index (χ1v) is 4.81. The number of nitrogens with one attached hydrogen (secondary N) is 1. The molecule has 0 aliphatic carbocycles. The second kappa shape index (κ2) is 4.12. The molecule has 1 atom stereocenters. The molecule has 0 aromatic carbocycles. The van der Waals surface area contributed by atoms with Gasteiger partial charge in [-0.05, 0) is 17.9 Å². The maximum Gasteiger partial charge on any atom is 0.0484 e. The zero-order chi connectivity index (χ0) is 7.68. The average molecular weight is 205 g/mol. The van der Waals surface area contributed by atoms with Crippen molar-refractivity contribution < 1.29 is 0 Å². The van der Waals surface area contributed by atoms with E-state index in [-0.39, 0.29) is 12.4 Å². The van der Waals surface area contributed by atoms with Gasteiger partial charge in [0.25, 0.3) is 0 Å². The van der Waals surface area contributed by atoms with Gasteiger partial charge in [0, 0.05) is 29.6 Å². The maximum absolute atomic E-state index is 5.66. The number of nitrogens with two attached hydrogens (primary N) is 1. The van der Waals surface area contributed by atoms with Gasteiger partial charge in [-0.25, -0.2) is 0 Å². The van der Waals surface area contributed by atoms with E-state index in [4.69, 9.17) is 5.73 Å². The van der Waals surface area contributed by atoms with Crippen molar-refractivity contribution in [3.05, 3.63) is 16.3 Å². The third-order valence-corrected chi connectivity index (χ3v) is 3.24. The molecule has 68 valence electrons. The summed E-state index contributed by atoms with van der Waals surface area (Å²) in [6.07, 6.45) is 1.18. The highest BCUT2D eigenvalue weighted by Crippen LogP contribution is 2.34. The molecule has 1 aromatic rings. The Morgan fingerprint density at radius 2 is 2.50 bits per heavy atom. The quantitative estimate of drug-likeness (QED) is 0.735. The number of fused-ring (bicyclic) bond motifs is 1. The first-order chi connectivity index (χ1) is 5.42. The summed E-state index contributed by atoms with van der Waals surface area (Å²) < 4.78 is 0. The van der Waals surface area contributed by atoms with Crippen LogP contribution in [0.15, 0.2) is 11.4 Å². The zero-order valence-corrected chi connectivity index (χ0v) is 8.38. The molecule has 4 heteroatoms. The average Bonchev–Trinajstić information content (AvgIpc) is 2.50. The minimum absolute atomic E-state index is 0. The van der Waals surface area contributed by atoms with Gasteiger partial charge in [0.05, 0.1) is 0 Å². The summed E-state index contributed by atoms with van der Waals surface area (Å²) >= 11 is 1.82. The minimum Gasteiger partial charge on any atom is -0.384 e. The number of halogens is 1. The summed E-state index contributed by atoms with van der Waals surface area (Å²) in [6, 6.07) is 2.14. The van der Waals surface area contributed by atoms with Gasteiger partial charge in [0.2, 0.25) is 0 Å². The van der Waals surface area contributed by atoms with Crippen molar-refractivity contribution in [2.45, 2.75) is 12.3 Å². The fourth-order valence-electron chi connectivity index (χ4n) is 1.52. The van der Waals surface area contributed by atoms with E-state index in [1.807, 2.05) is 11.3 Å². The van der Waals surface area contributed by atoms with Crippen LogP contribution in [-0.4, -0.2) is 13.1 Å². The molecule has 0 amide bonds. The molecular weight excluding hydrogens is 192 g/mol. The first kappa shape index (κ1) is 9.84. The Bertz CT molecular complexity index is 249. The van der Waals surface area contributed by atoms with E-state index in [0.29, 0.717) is 5.92 Å². The fourth-order valence-corrected chi connectivity index (χ4v) is 2.54. The SMILES string of the molecule is Cl.NCC1CCNc2ccsc21. The third kappa shape index (κ3) is 1.58. The van der Waals surface area contributed by atoms with Crippen LogP contribution in [0.2, 0.25) is 0 Å². The summed E-state index contributed by atoms with van der Waals surface area (Å²) in [6.45, 7) is 1.86. The van der Waals surface area contributed by atoms with Crippen molar-refractivity contribution in [1.29, 1.82) is 0 Å². The zero-order valence-electron chi connectivity index (χ0n) is 6.75. The van der Waals surface area contributed by atoms with Crippen LogP contribution in [0.4, 0.5) is 5.69 Å². The molecule has 0 bridgehead atoms. The Hall–Kier alpha value is -0.250. The molecule has 12 heavy (non-hydrogen) atoms. The molecule has 2 heterocycles. The largest absolute Gasteiger partial charge is 0.384 e. The number of rotatable bonds is 1. The van der Waals surface area contributed by atoms with Gasteiger partial charge >= 0.3 is 0 Å². The van der Waals surface area contributed by atoms with Crippen LogP contribution in [0.5, 0.6) is 0 Å². The van der Waals surface area contributed by atoms with Crippen molar-refractivity contribution in [3.63, 3.8) is 0 Å². The van der Waals surface area contributed by atoms with Gasteiger partial charge in [-0.1, -0.05) is 0 Å². The summed E-state index contributed by atoms with van der Waals surface area (Å²) in [4.78, 5) is 1.44. The van der Waals surface area contributed by atoms with Crippen molar-refractivity contribution >= 4 is 29.4 Å². The highest BCUT2D eigenvalue weighted by atomic mass is 35.5. The van der Waals surface area contributed by atoms with E-state index in [1.165, 1.54) is 17.0 Å². The molecule has 0 radical (unpaired) electrons. The van der Waals surface area contributed by atoms with Crippen molar-refractivity contribution in [3.8, 4) is 0 Å². The van der Waals surface area contributed by atoms with Crippen LogP contribution in [0.25, 0.3) is 0 Å². The number of hydrogen-bond acceptors (Lipinski definition) is 3. The minimum atomic E-state index is 0. The van der Waals surface area contributed by atoms with E-state index >= 15 is 0 Å². The van der Waals surface area contributed by atoms with Gasteiger partial charge in [-0.15, -0.1) is 23.7 Å². The van der Waals surface area contributed by atoms with E-state index in [9.17, 15) is 0 Å². The first-order valence-electron chi connectivity index (χ1n) is 3.93. The normalized spacial score (nSPS) is 20.6. The van der Waals surface area contributed by atoms with Crippen LogP contribution < -0.4 is 11.1 Å². The molecule has 3 N–H and O–H groups in total. The second-order valence-corrected chi connectivity index (χ2v) is 3.79. The summed E-state index contributed by atoms with van der Waals surface area (Å²) in [5.41, 5.74) is 6.96. The van der Waals surface area contributed by atoms with Crippen LogP contribution in [0, 0.1) is 0 Å². The summed E-state index contributed by atoms with van der Waals surface area (Å²) in [7, 11) is 0. The maximum atomic E-state index is 5.66. The standard InChI is InChI=1S/C8H12N2S.ClH/c9-5-6-1-3-10-7-2-4-11-8(6)7;/h2,4,6,10H,1,3,5,9H2;1H. The molecule has 2 rings (SSSR count). The lowest BCUT2D eigenvalue weighted by atomic mass is 10.00. The molecule has 2 nitrogen and oxygen atoms in total. The molecule has 0 saturated carbocycles. The molecular formula is C8H13ClN2S. The predicted molar refractivity (Wildman–Crippen MR) is 56.5 cm³/mol. The van der Waals surface area contributed by atoms with Gasteiger partial charge in [0.15, 0.2) is 0 Å². The van der Waals surface area contributed by atoms with Crippen LogP contribution in [0.1, 0.15) is 17.2 Å². The topological polar surface area (TPSA) is 38.0 Å². The van der Waals surface area contributed by atoms with Crippen LogP contribution in [0.3, 0.4) is 0 Å². The smallest absolute Gasteiger partial charge is 0.0484 e. The summed E-state index contributed by atoms with van der Waals surface area (Å²) in [5, 5.41) is 5.49. The van der Waals surface area contributed by atoms with Crippen LogP contribution in [-0.2, 0) is 0 Å². The summed E-state index contributed by atoms with van der Waals surface area (Å²) in [5.74, 6) is 0.603. The van der Waals surface area contributed by atoms with Crippen molar-refractivity contribution in [1.82, 2.24) is 0 Å². The fraction of sp³-hybridized carbons (Fsp3) is 0.500. The molecule has 1 unspecified atom stereocenters. The van der Waals surface area contributed by atoms with Crippen molar-refractivity contribution in [2.24, 2.45) is 5.73 Å². The lowest BCUT2D eigenvalue weighted by Gasteiger charge is -2.21. The Morgan fingerprint density at radius 3 is 3.25 bits per heavy atom. The molecule has 0 spiro atoms. The van der Waals surface area contributed by atoms with Gasteiger partial charge in [-0.3, -0.25) is 0 Å². The lowest BCUT2D eigenvalue weighted by Crippen LogP contribution is -2.20. The Kier molecular flexibility index (Phi) is 3.38. The number of hydrogen-bond donors (Lipinski definition) is 2. The van der Waals surface area contributed by atoms with E-state index in [2.05, 4.69) is 16.8 Å². The number of thiophene rings is 1. The van der Waals surface area contributed by atoms with Gasteiger partial charge < -0.3 is 11.1 Å². The highest BCUT2D eigenvalue weighted by Gasteiger charge is 2.19. The predicted octanol–water partition coefficient (Wildman–Crippen LogP) is 2.03. The third-order valence-electron chi connectivity index (χ3n) is 2.16. The Labute approximate surface area is 82.6 Å². The van der Waals surface area contributed by atoms with Gasteiger partial charge in [0.1, 0.15) is 0 Å². The van der Waals surface area contributed by atoms with E-state index in [0.717, 1.165) is 13.1 Å². The highest BCUT2D eigenvalue weighted by molar-refractivity contribution is 7.10. The number of anilines is 1. The molecule has 1 aromatic heterocycles. The monoisotopic (exact) mass is 204 g/mol. The van der Waals surface area contributed by atoms with E-state index in [1.54, 1.807) is 0 Å². The van der Waals surface area contributed by atoms with Crippen molar-refractivity contribution in [2.75, 3.05) is 18.4 Å². The second-order valence-electron chi connectivity index (χ2n) is 2.85.